The number of pyridine rings is 1. The van der Waals surface area contributed by atoms with Crippen molar-refractivity contribution in [3.8, 4) is 22.8 Å². The van der Waals surface area contributed by atoms with Crippen LogP contribution in [0.3, 0.4) is 0 Å². The lowest BCUT2D eigenvalue weighted by Gasteiger charge is -2.34. The summed E-state index contributed by atoms with van der Waals surface area (Å²) in [5.41, 5.74) is 2.14. The molecule has 2 aromatic rings. The first-order chi connectivity index (χ1) is 13.2. The number of carbonyl (C=O) groups excluding carboxylic acids is 1. The van der Waals surface area contributed by atoms with E-state index in [2.05, 4.69) is 13.8 Å². The second-order valence-electron chi connectivity index (χ2n) is 7.28. The zero-order valence-electron chi connectivity index (χ0n) is 16.3. The molecule has 1 aromatic carbocycles. The molecule has 7 heteroatoms. The highest BCUT2D eigenvalue weighted by Gasteiger charge is 2.29. The maximum absolute atomic E-state index is 12.6. The maximum atomic E-state index is 12.6. The second-order valence-corrected chi connectivity index (χ2v) is 7.28. The van der Waals surface area contributed by atoms with Crippen LogP contribution in [-0.2, 0) is 6.42 Å². The molecule has 1 aliphatic heterocycles. The summed E-state index contributed by atoms with van der Waals surface area (Å²) >= 11 is 0. The van der Waals surface area contributed by atoms with E-state index in [1.54, 1.807) is 18.3 Å². The maximum Gasteiger partial charge on any atom is 0.272 e. The third kappa shape index (κ3) is 3.66. The SMILES string of the molecule is COc1cc2c(cc1OCC(F)F)CC(C(C)C)n1cc(C(C)=O)c(=O)cc1-2. The first-order valence-corrected chi connectivity index (χ1v) is 9.12. The third-order valence-electron chi connectivity index (χ3n) is 5.05. The van der Waals surface area contributed by atoms with Gasteiger partial charge in [-0.1, -0.05) is 13.8 Å². The molecule has 0 saturated carbocycles. The molecule has 0 radical (unpaired) electrons. The molecule has 3 rings (SSSR count). The Morgan fingerprint density at radius 3 is 2.54 bits per heavy atom. The number of aromatic nitrogens is 1. The van der Waals surface area contributed by atoms with Gasteiger partial charge in [-0.3, -0.25) is 9.59 Å². The van der Waals surface area contributed by atoms with Crippen molar-refractivity contribution in [2.45, 2.75) is 39.7 Å². The quantitative estimate of drug-likeness (QED) is 0.695. The minimum atomic E-state index is -2.59. The van der Waals surface area contributed by atoms with E-state index in [1.165, 1.54) is 20.1 Å². The number of ether oxygens (including phenoxy) is 2. The Labute approximate surface area is 161 Å². The summed E-state index contributed by atoms with van der Waals surface area (Å²) in [5.74, 6) is 0.515. The lowest BCUT2D eigenvalue weighted by atomic mass is 9.87. The molecule has 28 heavy (non-hydrogen) atoms. The molecular weight excluding hydrogens is 368 g/mol. The van der Waals surface area contributed by atoms with Gasteiger partial charge in [-0.25, -0.2) is 8.78 Å². The fourth-order valence-corrected chi connectivity index (χ4v) is 3.62. The summed E-state index contributed by atoms with van der Waals surface area (Å²) in [4.78, 5) is 24.3. The highest BCUT2D eigenvalue weighted by atomic mass is 19.3. The molecule has 0 saturated heterocycles. The van der Waals surface area contributed by atoms with Crippen LogP contribution in [0.4, 0.5) is 8.78 Å². The van der Waals surface area contributed by atoms with Gasteiger partial charge in [-0.2, -0.15) is 0 Å². The zero-order chi connectivity index (χ0) is 20.6. The number of methoxy groups -OCH3 is 1. The minimum absolute atomic E-state index is 0.0116. The van der Waals surface area contributed by atoms with Crippen molar-refractivity contribution in [1.29, 1.82) is 0 Å². The average molecular weight is 391 g/mol. The summed E-state index contributed by atoms with van der Waals surface area (Å²) in [7, 11) is 1.43. The van der Waals surface area contributed by atoms with Crippen molar-refractivity contribution in [1.82, 2.24) is 4.57 Å². The van der Waals surface area contributed by atoms with Gasteiger partial charge < -0.3 is 14.0 Å². The van der Waals surface area contributed by atoms with Crippen LogP contribution >= 0.6 is 0 Å². The molecule has 0 spiro atoms. The highest BCUT2D eigenvalue weighted by molar-refractivity contribution is 5.94. The topological polar surface area (TPSA) is 57.5 Å². The number of benzene rings is 1. The molecule has 1 aromatic heterocycles. The number of nitrogens with zero attached hydrogens (tertiary/aromatic N) is 1. The predicted octanol–water partition coefficient (Wildman–Crippen LogP) is 4.12. The Bertz CT molecular complexity index is 966. The fraction of sp³-hybridized carbons (Fsp3) is 0.429. The van der Waals surface area contributed by atoms with Crippen molar-refractivity contribution in [2.75, 3.05) is 13.7 Å². The van der Waals surface area contributed by atoms with Crippen molar-refractivity contribution < 1.29 is 23.0 Å². The van der Waals surface area contributed by atoms with Gasteiger partial charge in [-0.15, -0.1) is 0 Å². The van der Waals surface area contributed by atoms with E-state index in [1.807, 2.05) is 4.57 Å². The number of alkyl halides is 2. The van der Waals surface area contributed by atoms with E-state index < -0.39 is 13.0 Å². The summed E-state index contributed by atoms with van der Waals surface area (Å²) in [6.07, 6.45) is -0.343. The lowest BCUT2D eigenvalue weighted by Crippen LogP contribution is -2.28. The number of carbonyl (C=O) groups is 1. The molecule has 0 N–H and O–H groups in total. The Hall–Kier alpha value is -2.70. The third-order valence-corrected chi connectivity index (χ3v) is 5.05. The number of hydrogen-bond donors (Lipinski definition) is 0. The lowest BCUT2D eigenvalue weighted by molar-refractivity contribution is 0.0804. The standard InChI is InChI=1S/C21H23F2NO4/c1-11(2)16-5-13-6-20(28-10-21(22)23)19(27-4)7-14(13)17-8-18(26)15(12(3)25)9-24(16)17/h6-9,11,16,21H,5,10H2,1-4H3. The first kappa shape index (κ1) is 20.0. The van der Waals surface area contributed by atoms with E-state index in [-0.39, 0.29) is 34.5 Å². The first-order valence-electron chi connectivity index (χ1n) is 9.12. The van der Waals surface area contributed by atoms with Gasteiger partial charge in [-0.05, 0) is 37.0 Å². The molecule has 0 amide bonds. The highest BCUT2D eigenvalue weighted by Crippen LogP contribution is 2.42. The molecule has 1 aliphatic rings. The van der Waals surface area contributed by atoms with Gasteiger partial charge in [0.1, 0.15) is 6.61 Å². The average Bonchev–Trinajstić information content (AvgIpc) is 2.63. The molecule has 5 nitrogen and oxygen atoms in total. The molecular formula is C21H23F2NO4. The fourth-order valence-electron chi connectivity index (χ4n) is 3.62. The molecule has 1 unspecified atom stereocenters. The Balaban J connectivity index is 2.20. The largest absolute Gasteiger partial charge is 0.493 e. The summed E-state index contributed by atoms with van der Waals surface area (Å²) < 4.78 is 37.7. The number of halogens is 2. The second kappa shape index (κ2) is 7.73. The summed E-state index contributed by atoms with van der Waals surface area (Å²) in [6, 6.07) is 4.88. The number of Topliss-reactive ketones (excluding diaryl/α,β-unsaturated/α-hetero) is 1. The van der Waals surface area contributed by atoms with Crippen LogP contribution in [0.25, 0.3) is 11.3 Å². The smallest absolute Gasteiger partial charge is 0.272 e. The molecule has 0 fully saturated rings. The van der Waals surface area contributed by atoms with Gasteiger partial charge in [0.2, 0.25) is 0 Å². The molecule has 1 atom stereocenters. The predicted molar refractivity (Wildman–Crippen MR) is 102 cm³/mol. The van der Waals surface area contributed by atoms with Crippen molar-refractivity contribution in [3.05, 3.63) is 45.7 Å². The zero-order valence-corrected chi connectivity index (χ0v) is 16.3. The Kier molecular flexibility index (Phi) is 5.54. The van der Waals surface area contributed by atoms with Crippen LogP contribution in [0.5, 0.6) is 11.5 Å². The van der Waals surface area contributed by atoms with Crippen LogP contribution in [0, 0.1) is 5.92 Å². The van der Waals surface area contributed by atoms with Gasteiger partial charge in [0.25, 0.3) is 6.43 Å². The van der Waals surface area contributed by atoms with Crippen molar-refractivity contribution in [2.24, 2.45) is 5.92 Å². The molecule has 150 valence electrons. The number of hydrogen-bond acceptors (Lipinski definition) is 4. The van der Waals surface area contributed by atoms with Gasteiger partial charge in [0.05, 0.1) is 18.4 Å². The van der Waals surface area contributed by atoms with E-state index in [4.69, 9.17) is 9.47 Å². The number of fused-ring (bicyclic) bond motifs is 3. The van der Waals surface area contributed by atoms with Crippen molar-refractivity contribution >= 4 is 5.78 Å². The Morgan fingerprint density at radius 1 is 1.25 bits per heavy atom. The molecule has 0 bridgehead atoms. The van der Waals surface area contributed by atoms with Crippen LogP contribution in [0.1, 0.15) is 42.7 Å². The summed E-state index contributed by atoms with van der Waals surface area (Å²) in [6.45, 7) is 4.77. The normalized spacial score (nSPS) is 15.4. The van der Waals surface area contributed by atoms with Gasteiger partial charge in [0.15, 0.2) is 22.7 Å². The Morgan fingerprint density at radius 2 is 1.96 bits per heavy atom. The van der Waals surface area contributed by atoms with Crippen LogP contribution in [-0.4, -0.2) is 30.5 Å². The monoisotopic (exact) mass is 391 g/mol. The van der Waals surface area contributed by atoms with E-state index in [0.29, 0.717) is 17.9 Å². The van der Waals surface area contributed by atoms with Gasteiger partial charge >= 0.3 is 0 Å². The number of rotatable bonds is 6. The number of ketones is 1. The molecule has 0 aliphatic carbocycles. The van der Waals surface area contributed by atoms with Crippen LogP contribution in [0.2, 0.25) is 0 Å². The van der Waals surface area contributed by atoms with Crippen LogP contribution in [0.15, 0.2) is 29.2 Å². The minimum Gasteiger partial charge on any atom is -0.493 e. The van der Waals surface area contributed by atoms with E-state index in [0.717, 1.165) is 11.1 Å². The van der Waals surface area contributed by atoms with Crippen LogP contribution < -0.4 is 14.9 Å². The van der Waals surface area contributed by atoms with E-state index in [9.17, 15) is 18.4 Å². The van der Waals surface area contributed by atoms with Gasteiger partial charge in [0, 0.05) is 23.9 Å². The van der Waals surface area contributed by atoms with Crippen molar-refractivity contribution in [3.63, 3.8) is 0 Å². The summed E-state index contributed by atoms with van der Waals surface area (Å²) in [5, 5.41) is 0. The van der Waals surface area contributed by atoms with E-state index >= 15 is 0 Å². The molecule has 2 heterocycles.